The van der Waals surface area contributed by atoms with Crippen LogP contribution < -0.4 is 4.74 Å². The van der Waals surface area contributed by atoms with Gasteiger partial charge in [-0.2, -0.15) is 0 Å². The first-order chi connectivity index (χ1) is 15.1. The summed E-state index contributed by atoms with van der Waals surface area (Å²) in [5.74, 6) is 0.685. The van der Waals surface area contributed by atoms with Gasteiger partial charge in [-0.05, 0) is 42.2 Å². The van der Waals surface area contributed by atoms with E-state index in [1.54, 1.807) is 12.0 Å². The predicted molar refractivity (Wildman–Crippen MR) is 121 cm³/mol. The number of hydrogen-bond donors (Lipinski definition) is 0. The zero-order valence-electron chi connectivity index (χ0n) is 17.9. The van der Waals surface area contributed by atoms with Gasteiger partial charge in [-0.25, -0.2) is 0 Å². The number of piperazine rings is 1. The minimum Gasteiger partial charge on any atom is -0.497 e. The van der Waals surface area contributed by atoms with Crippen molar-refractivity contribution in [3.63, 3.8) is 0 Å². The third-order valence-corrected chi connectivity index (χ3v) is 6.82. The summed E-state index contributed by atoms with van der Waals surface area (Å²) in [4.78, 5) is 30.7. The summed E-state index contributed by atoms with van der Waals surface area (Å²) < 4.78 is 5.28. The van der Waals surface area contributed by atoms with Crippen LogP contribution in [0.25, 0.3) is 0 Å². The van der Waals surface area contributed by atoms with Gasteiger partial charge in [0, 0.05) is 17.6 Å². The van der Waals surface area contributed by atoms with Crippen molar-refractivity contribution in [1.82, 2.24) is 9.80 Å². The first-order valence-electron chi connectivity index (χ1n) is 11.1. The lowest BCUT2D eigenvalue weighted by Gasteiger charge is -2.43. The fourth-order valence-corrected chi connectivity index (χ4v) is 4.92. The minimum absolute atomic E-state index is 0.00344. The second-order valence-corrected chi connectivity index (χ2v) is 8.81. The molecule has 0 spiro atoms. The number of carbonyl (C=O) groups excluding carboxylic acids is 2. The molecule has 2 aliphatic rings. The zero-order valence-corrected chi connectivity index (χ0v) is 18.7. The number of hydrogen-bond acceptors (Lipinski definition) is 3. The van der Waals surface area contributed by atoms with Crippen LogP contribution in [0.2, 0.25) is 5.02 Å². The Morgan fingerprint density at radius 1 is 0.968 bits per heavy atom. The summed E-state index contributed by atoms with van der Waals surface area (Å²) in [5, 5.41) is 0.599. The van der Waals surface area contributed by atoms with Gasteiger partial charge in [-0.15, -0.1) is 0 Å². The molecule has 0 radical (unpaired) electrons. The molecule has 0 N–H and O–H groups in total. The van der Waals surface area contributed by atoms with Gasteiger partial charge in [0.25, 0.3) is 5.91 Å². The van der Waals surface area contributed by atoms with E-state index in [1.807, 2.05) is 53.4 Å². The van der Waals surface area contributed by atoms with Gasteiger partial charge in [-0.1, -0.05) is 67.6 Å². The molecule has 1 aliphatic heterocycles. The number of halogens is 1. The molecule has 31 heavy (non-hydrogen) atoms. The maximum atomic E-state index is 13.8. The summed E-state index contributed by atoms with van der Waals surface area (Å²) in [5.41, 5.74) is 1.64. The van der Waals surface area contributed by atoms with Gasteiger partial charge >= 0.3 is 0 Å². The Morgan fingerprint density at radius 3 is 2.29 bits per heavy atom. The molecule has 1 unspecified atom stereocenters. The van der Waals surface area contributed by atoms with E-state index in [0.29, 0.717) is 11.6 Å². The standard InChI is InChI=1S/C25H29ClN2O3/c1-31-21-14-12-18(13-15-21)24-25(30)27(20-9-4-2-3-5-10-20)17-23(29)28(24)16-19-8-6-7-11-22(19)26/h6-8,11-15,20,24H,2-5,9-10,16-17H2,1H3. The third-order valence-electron chi connectivity index (χ3n) is 6.45. The number of nitrogens with zero attached hydrogens (tertiary/aromatic N) is 2. The smallest absolute Gasteiger partial charge is 0.250 e. The van der Waals surface area contributed by atoms with E-state index < -0.39 is 6.04 Å². The monoisotopic (exact) mass is 440 g/mol. The highest BCUT2D eigenvalue weighted by molar-refractivity contribution is 6.31. The van der Waals surface area contributed by atoms with Gasteiger partial charge in [0.05, 0.1) is 7.11 Å². The molecule has 6 heteroatoms. The molecular weight excluding hydrogens is 412 g/mol. The largest absolute Gasteiger partial charge is 0.497 e. The van der Waals surface area contributed by atoms with Crippen LogP contribution in [0.3, 0.4) is 0 Å². The van der Waals surface area contributed by atoms with Gasteiger partial charge in [0.15, 0.2) is 0 Å². The van der Waals surface area contributed by atoms with E-state index in [1.165, 1.54) is 12.8 Å². The Labute approximate surface area is 188 Å². The Balaban J connectivity index is 1.68. The molecule has 1 heterocycles. The number of benzene rings is 2. The van der Waals surface area contributed by atoms with E-state index in [-0.39, 0.29) is 24.4 Å². The lowest BCUT2D eigenvalue weighted by atomic mass is 9.97. The molecule has 5 nitrogen and oxygen atoms in total. The maximum absolute atomic E-state index is 13.8. The van der Waals surface area contributed by atoms with Crippen molar-refractivity contribution in [1.29, 1.82) is 0 Å². The molecule has 2 fully saturated rings. The fraction of sp³-hybridized carbons (Fsp3) is 0.440. The topological polar surface area (TPSA) is 49.9 Å². The summed E-state index contributed by atoms with van der Waals surface area (Å²) >= 11 is 6.38. The van der Waals surface area contributed by atoms with Gasteiger partial charge in [-0.3, -0.25) is 9.59 Å². The average Bonchev–Trinajstić information content (AvgIpc) is 3.07. The van der Waals surface area contributed by atoms with Crippen LogP contribution in [0.1, 0.15) is 55.7 Å². The van der Waals surface area contributed by atoms with E-state index >= 15 is 0 Å². The van der Waals surface area contributed by atoms with Crippen LogP contribution in [0.15, 0.2) is 48.5 Å². The number of amides is 2. The van der Waals surface area contributed by atoms with Crippen molar-refractivity contribution in [3.8, 4) is 5.75 Å². The minimum atomic E-state index is -0.660. The number of methoxy groups -OCH3 is 1. The van der Waals surface area contributed by atoms with Crippen LogP contribution in [0.4, 0.5) is 0 Å². The molecule has 1 saturated heterocycles. The highest BCUT2D eigenvalue weighted by atomic mass is 35.5. The lowest BCUT2D eigenvalue weighted by Crippen LogP contribution is -2.57. The summed E-state index contributed by atoms with van der Waals surface area (Å²) in [7, 11) is 1.61. The fourth-order valence-electron chi connectivity index (χ4n) is 4.73. The van der Waals surface area contributed by atoms with Gasteiger partial charge < -0.3 is 14.5 Å². The highest BCUT2D eigenvalue weighted by Gasteiger charge is 2.42. The Hall–Kier alpha value is -2.53. The maximum Gasteiger partial charge on any atom is 0.250 e. The van der Waals surface area contributed by atoms with Gasteiger partial charge in [0.1, 0.15) is 18.3 Å². The second kappa shape index (κ2) is 9.73. The normalized spacial score (nSPS) is 20.6. The number of carbonyl (C=O) groups is 2. The molecule has 0 bridgehead atoms. The number of ether oxygens (including phenoxy) is 1. The first-order valence-corrected chi connectivity index (χ1v) is 11.4. The molecule has 4 rings (SSSR count). The molecule has 1 saturated carbocycles. The van der Waals surface area contributed by atoms with Crippen molar-refractivity contribution in [2.45, 2.75) is 57.2 Å². The van der Waals surface area contributed by atoms with Crippen molar-refractivity contribution < 1.29 is 14.3 Å². The Kier molecular flexibility index (Phi) is 6.81. The third kappa shape index (κ3) is 4.72. The predicted octanol–water partition coefficient (Wildman–Crippen LogP) is 4.98. The molecule has 2 aromatic rings. The van der Waals surface area contributed by atoms with E-state index in [4.69, 9.17) is 16.3 Å². The molecule has 164 valence electrons. The van der Waals surface area contributed by atoms with Crippen molar-refractivity contribution >= 4 is 23.4 Å². The highest BCUT2D eigenvalue weighted by Crippen LogP contribution is 2.34. The average molecular weight is 441 g/mol. The molecule has 0 aromatic heterocycles. The van der Waals surface area contributed by atoms with Crippen molar-refractivity contribution in [2.24, 2.45) is 0 Å². The van der Waals surface area contributed by atoms with Crippen LogP contribution >= 0.6 is 11.6 Å². The number of rotatable bonds is 5. The van der Waals surface area contributed by atoms with Crippen LogP contribution in [-0.2, 0) is 16.1 Å². The molecule has 2 amide bonds. The van der Waals surface area contributed by atoms with Crippen molar-refractivity contribution in [2.75, 3.05) is 13.7 Å². The Bertz CT molecular complexity index is 923. The molecular formula is C25H29ClN2O3. The summed E-state index contributed by atoms with van der Waals surface area (Å²) in [6, 6.07) is 14.4. The van der Waals surface area contributed by atoms with E-state index in [2.05, 4.69) is 0 Å². The molecule has 1 aliphatic carbocycles. The van der Waals surface area contributed by atoms with E-state index in [0.717, 1.165) is 42.6 Å². The van der Waals surface area contributed by atoms with Crippen molar-refractivity contribution in [3.05, 3.63) is 64.7 Å². The SMILES string of the molecule is COc1ccc(C2C(=O)N(C3CCCCCC3)CC(=O)N2Cc2ccccc2Cl)cc1. The second-order valence-electron chi connectivity index (χ2n) is 8.40. The summed E-state index contributed by atoms with van der Waals surface area (Å²) in [6.45, 7) is 0.445. The quantitative estimate of drug-likeness (QED) is 0.616. The molecule has 1 atom stereocenters. The molecule has 2 aromatic carbocycles. The lowest BCUT2D eigenvalue weighted by molar-refractivity contribution is -0.159. The van der Waals surface area contributed by atoms with Crippen LogP contribution in [0, 0.1) is 0 Å². The summed E-state index contributed by atoms with van der Waals surface area (Å²) in [6.07, 6.45) is 6.57. The van der Waals surface area contributed by atoms with E-state index in [9.17, 15) is 9.59 Å². The van der Waals surface area contributed by atoms with Crippen LogP contribution in [-0.4, -0.2) is 41.3 Å². The van der Waals surface area contributed by atoms with Crippen LogP contribution in [0.5, 0.6) is 5.75 Å². The zero-order chi connectivity index (χ0) is 21.8. The first kappa shape index (κ1) is 21.7. The Morgan fingerprint density at radius 2 is 1.65 bits per heavy atom. The van der Waals surface area contributed by atoms with Gasteiger partial charge in [0.2, 0.25) is 5.91 Å².